The first-order valence-electron chi connectivity index (χ1n) is 16.3. The molecule has 2 nitrogen and oxygen atoms in total. The number of furan rings is 1. The summed E-state index contributed by atoms with van der Waals surface area (Å²) in [5, 5.41) is 4.59. The Morgan fingerprint density at radius 1 is 0.354 bits per heavy atom. The molecule has 0 fully saturated rings. The number of anilines is 3. The highest BCUT2D eigenvalue weighted by atomic mass is 16.3. The predicted octanol–water partition coefficient (Wildman–Crippen LogP) is 13.2. The Labute approximate surface area is 279 Å². The molecular formula is C46H31NO. The van der Waals surface area contributed by atoms with Gasteiger partial charge in [-0.3, -0.25) is 0 Å². The summed E-state index contributed by atoms with van der Waals surface area (Å²) < 4.78 is 6.54. The minimum absolute atomic E-state index is 0.896. The van der Waals surface area contributed by atoms with Crippen molar-refractivity contribution in [3.8, 4) is 33.4 Å². The molecule has 48 heavy (non-hydrogen) atoms. The average molecular weight is 614 g/mol. The largest absolute Gasteiger partial charge is 0.455 e. The van der Waals surface area contributed by atoms with E-state index in [1.54, 1.807) is 0 Å². The quantitative estimate of drug-likeness (QED) is 0.185. The maximum absolute atomic E-state index is 6.54. The molecule has 0 aliphatic carbocycles. The van der Waals surface area contributed by atoms with E-state index in [4.69, 9.17) is 4.42 Å². The zero-order chi connectivity index (χ0) is 31.9. The van der Waals surface area contributed by atoms with Crippen LogP contribution in [0.2, 0.25) is 0 Å². The molecule has 8 aromatic carbocycles. The van der Waals surface area contributed by atoms with Crippen LogP contribution in [0.15, 0.2) is 192 Å². The summed E-state index contributed by atoms with van der Waals surface area (Å²) in [4.78, 5) is 2.35. The number of benzene rings is 8. The van der Waals surface area contributed by atoms with Crippen molar-refractivity contribution in [1.29, 1.82) is 0 Å². The summed E-state index contributed by atoms with van der Waals surface area (Å²) >= 11 is 0. The zero-order valence-corrected chi connectivity index (χ0v) is 26.3. The van der Waals surface area contributed by atoms with Gasteiger partial charge in [0.05, 0.1) is 0 Å². The molecule has 9 aromatic rings. The van der Waals surface area contributed by atoms with E-state index >= 15 is 0 Å². The van der Waals surface area contributed by atoms with Gasteiger partial charge in [-0.05, 0) is 87.3 Å². The van der Waals surface area contributed by atoms with Crippen molar-refractivity contribution in [2.45, 2.75) is 0 Å². The van der Waals surface area contributed by atoms with E-state index in [1.165, 1.54) is 27.6 Å². The fraction of sp³-hybridized carbons (Fsp3) is 0. The summed E-state index contributed by atoms with van der Waals surface area (Å²) in [5.41, 5.74) is 12.2. The third-order valence-corrected chi connectivity index (χ3v) is 9.25. The third kappa shape index (κ3) is 4.92. The lowest BCUT2D eigenvalue weighted by Crippen LogP contribution is -2.10. The van der Waals surface area contributed by atoms with Crippen LogP contribution >= 0.6 is 0 Å². The van der Waals surface area contributed by atoms with Crippen LogP contribution in [0.4, 0.5) is 17.1 Å². The fourth-order valence-electron chi connectivity index (χ4n) is 6.94. The lowest BCUT2D eigenvalue weighted by molar-refractivity contribution is 0.673. The van der Waals surface area contributed by atoms with Gasteiger partial charge in [0.1, 0.15) is 11.2 Å². The van der Waals surface area contributed by atoms with Crippen LogP contribution in [0.1, 0.15) is 0 Å². The summed E-state index contributed by atoms with van der Waals surface area (Å²) in [6.07, 6.45) is 0. The number of fused-ring (bicyclic) bond motifs is 5. The van der Waals surface area contributed by atoms with Crippen LogP contribution in [0.5, 0.6) is 0 Å². The Balaban J connectivity index is 1.20. The lowest BCUT2D eigenvalue weighted by atomic mass is 9.97. The van der Waals surface area contributed by atoms with Crippen molar-refractivity contribution >= 4 is 49.8 Å². The minimum atomic E-state index is 0.896. The zero-order valence-electron chi connectivity index (χ0n) is 26.3. The van der Waals surface area contributed by atoms with Gasteiger partial charge < -0.3 is 9.32 Å². The standard InChI is InChI=1S/C46H31NO/c1-3-12-32(13-4-1)34-24-27-38(28-25-34)47(39-19-9-17-36(30-39)33-14-5-2-6-15-33)40-20-10-18-37(31-40)41-22-11-23-44-45(41)43-29-26-35-16-7-8-21-42(35)46(43)48-44/h1-31H. The molecule has 226 valence electrons. The van der Waals surface area contributed by atoms with E-state index in [0.717, 1.165) is 55.5 Å². The second-order valence-corrected chi connectivity index (χ2v) is 12.2. The van der Waals surface area contributed by atoms with Gasteiger partial charge in [0.15, 0.2) is 0 Å². The molecule has 0 N–H and O–H groups in total. The van der Waals surface area contributed by atoms with Gasteiger partial charge in [0.25, 0.3) is 0 Å². The maximum atomic E-state index is 6.54. The molecule has 0 bridgehead atoms. The Morgan fingerprint density at radius 3 is 1.69 bits per heavy atom. The fourth-order valence-corrected chi connectivity index (χ4v) is 6.94. The van der Waals surface area contributed by atoms with Crippen molar-refractivity contribution in [2.75, 3.05) is 4.90 Å². The van der Waals surface area contributed by atoms with E-state index in [2.05, 4.69) is 193 Å². The Morgan fingerprint density at radius 2 is 0.938 bits per heavy atom. The number of nitrogens with zero attached hydrogens (tertiary/aromatic N) is 1. The van der Waals surface area contributed by atoms with Crippen molar-refractivity contribution in [1.82, 2.24) is 0 Å². The second kappa shape index (κ2) is 11.8. The van der Waals surface area contributed by atoms with Gasteiger partial charge in [-0.15, -0.1) is 0 Å². The molecule has 0 spiro atoms. The van der Waals surface area contributed by atoms with Gasteiger partial charge >= 0.3 is 0 Å². The summed E-state index contributed by atoms with van der Waals surface area (Å²) in [6, 6.07) is 66.9. The van der Waals surface area contributed by atoms with Gasteiger partial charge in [-0.2, -0.15) is 0 Å². The molecule has 0 saturated heterocycles. The van der Waals surface area contributed by atoms with Gasteiger partial charge in [0, 0.05) is 33.2 Å². The van der Waals surface area contributed by atoms with Gasteiger partial charge in [0.2, 0.25) is 0 Å². The van der Waals surface area contributed by atoms with Crippen molar-refractivity contribution < 1.29 is 4.42 Å². The number of rotatable bonds is 6. The minimum Gasteiger partial charge on any atom is -0.455 e. The first kappa shape index (κ1) is 27.9. The first-order valence-corrected chi connectivity index (χ1v) is 16.3. The van der Waals surface area contributed by atoms with Crippen LogP contribution in [0, 0.1) is 0 Å². The summed E-state index contributed by atoms with van der Waals surface area (Å²) in [5.74, 6) is 0. The molecule has 0 saturated carbocycles. The lowest BCUT2D eigenvalue weighted by Gasteiger charge is -2.27. The second-order valence-electron chi connectivity index (χ2n) is 12.2. The van der Waals surface area contributed by atoms with Gasteiger partial charge in [-0.25, -0.2) is 0 Å². The molecule has 2 heteroatoms. The van der Waals surface area contributed by atoms with E-state index in [1.807, 2.05) is 0 Å². The van der Waals surface area contributed by atoms with Crippen LogP contribution in [-0.4, -0.2) is 0 Å². The Hall–Kier alpha value is -6.38. The summed E-state index contributed by atoms with van der Waals surface area (Å²) in [7, 11) is 0. The highest BCUT2D eigenvalue weighted by Crippen LogP contribution is 2.42. The Bertz CT molecular complexity index is 2550. The molecule has 0 amide bonds. The van der Waals surface area contributed by atoms with Crippen molar-refractivity contribution in [3.63, 3.8) is 0 Å². The predicted molar refractivity (Wildman–Crippen MR) is 202 cm³/mol. The average Bonchev–Trinajstić information content (AvgIpc) is 3.56. The van der Waals surface area contributed by atoms with E-state index in [-0.39, 0.29) is 0 Å². The number of hydrogen-bond acceptors (Lipinski definition) is 2. The van der Waals surface area contributed by atoms with Crippen LogP contribution < -0.4 is 4.90 Å². The number of hydrogen-bond donors (Lipinski definition) is 0. The molecule has 9 rings (SSSR count). The molecule has 0 atom stereocenters. The topological polar surface area (TPSA) is 16.4 Å². The molecule has 0 unspecified atom stereocenters. The van der Waals surface area contributed by atoms with Gasteiger partial charge in [-0.1, -0.05) is 140 Å². The van der Waals surface area contributed by atoms with Crippen LogP contribution in [-0.2, 0) is 0 Å². The van der Waals surface area contributed by atoms with E-state index < -0.39 is 0 Å². The molecular weight excluding hydrogens is 583 g/mol. The highest BCUT2D eigenvalue weighted by Gasteiger charge is 2.18. The molecule has 1 aromatic heterocycles. The van der Waals surface area contributed by atoms with Crippen LogP contribution in [0.3, 0.4) is 0 Å². The maximum Gasteiger partial charge on any atom is 0.143 e. The van der Waals surface area contributed by atoms with E-state index in [0.29, 0.717) is 0 Å². The highest BCUT2D eigenvalue weighted by molar-refractivity contribution is 6.19. The van der Waals surface area contributed by atoms with Crippen molar-refractivity contribution in [3.05, 3.63) is 188 Å². The third-order valence-electron chi connectivity index (χ3n) is 9.25. The van der Waals surface area contributed by atoms with E-state index in [9.17, 15) is 0 Å². The SMILES string of the molecule is c1ccc(-c2ccc(N(c3cccc(-c4ccccc4)c3)c3cccc(-c4cccc5oc6c7ccccc7ccc6c45)c3)cc2)cc1. The molecule has 0 aliphatic rings. The van der Waals surface area contributed by atoms with Crippen molar-refractivity contribution in [2.24, 2.45) is 0 Å². The monoisotopic (exact) mass is 613 g/mol. The molecule has 0 aliphatic heterocycles. The normalized spacial score (nSPS) is 11.3. The molecule has 0 radical (unpaired) electrons. The first-order chi connectivity index (χ1) is 23.8. The van der Waals surface area contributed by atoms with Crippen LogP contribution in [0.25, 0.3) is 66.1 Å². The Kier molecular flexibility index (Phi) is 6.84. The molecule has 1 heterocycles. The smallest absolute Gasteiger partial charge is 0.143 e. The summed E-state index contributed by atoms with van der Waals surface area (Å²) in [6.45, 7) is 0.